The maximum absolute atomic E-state index is 12.3. The van der Waals surface area contributed by atoms with E-state index in [4.69, 9.17) is 11.6 Å². The van der Waals surface area contributed by atoms with Crippen molar-refractivity contribution in [2.24, 2.45) is 0 Å². The number of benzene rings is 2. The van der Waals surface area contributed by atoms with Crippen molar-refractivity contribution in [3.05, 3.63) is 76.6 Å². The molecule has 0 spiro atoms. The molecule has 0 aliphatic rings. The molecule has 1 N–H and O–H groups in total. The summed E-state index contributed by atoms with van der Waals surface area (Å²) in [6.07, 6.45) is 2.11. The Balaban J connectivity index is 1.61. The number of carbonyl (C=O) groups excluding carboxylic acids is 1. The predicted octanol–water partition coefficient (Wildman–Crippen LogP) is 5.10. The van der Waals surface area contributed by atoms with Crippen molar-refractivity contribution in [3.8, 4) is 5.69 Å². The minimum Gasteiger partial charge on any atom is -0.323 e. The fourth-order valence-electron chi connectivity index (χ4n) is 2.95. The van der Waals surface area contributed by atoms with Gasteiger partial charge in [-0.15, -0.1) is 0 Å². The lowest BCUT2D eigenvalue weighted by molar-refractivity contribution is -0.116. The number of aromatic nitrogens is 2. The van der Waals surface area contributed by atoms with E-state index in [0.717, 1.165) is 40.6 Å². The summed E-state index contributed by atoms with van der Waals surface area (Å²) in [4.78, 5) is 12.3. The number of anilines is 1. The van der Waals surface area contributed by atoms with Gasteiger partial charge in [-0.2, -0.15) is 5.10 Å². The van der Waals surface area contributed by atoms with Crippen LogP contribution in [-0.2, 0) is 11.2 Å². The van der Waals surface area contributed by atoms with Crippen LogP contribution in [-0.4, -0.2) is 15.7 Å². The summed E-state index contributed by atoms with van der Waals surface area (Å²) in [6, 6.07) is 17.7. The average molecular weight is 368 g/mol. The Hall–Kier alpha value is -2.59. The van der Waals surface area contributed by atoms with E-state index in [0.29, 0.717) is 6.42 Å². The van der Waals surface area contributed by atoms with Gasteiger partial charge in [-0.05, 0) is 56.5 Å². The van der Waals surface area contributed by atoms with Gasteiger partial charge in [0.2, 0.25) is 5.91 Å². The van der Waals surface area contributed by atoms with Gasteiger partial charge < -0.3 is 5.32 Å². The number of carbonyl (C=O) groups is 1. The molecule has 5 heteroatoms. The molecular weight excluding hydrogens is 346 g/mol. The molecule has 26 heavy (non-hydrogen) atoms. The SMILES string of the molecule is Cc1nn(-c2ccccc2)c(C)c1NC(=O)CCCc1ccc(Cl)cc1. The average Bonchev–Trinajstić information content (AvgIpc) is 2.92. The van der Waals surface area contributed by atoms with Crippen LogP contribution < -0.4 is 5.32 Å². The van der Waals surface area contributed by atoms with E-state index in [1.165, 1.54) is 5.56 Å². The molecule has 0 atom stereocenters. The van der Waals surface area contributed by atoms with E-state index in [9.17, 15) is 4.79 Å². The largest absolute Gasteiger partial charge is 0.323 e. The van der Waals surface area contributed by atoms with Crippen LogP contribution in [0.2, 0.25) is 5.02 Å². The zero-order chi connectivity index (χ0) is 18.5. The Labute approximate surface area is 158 Å². The van der Waals surface area contributed by atoms with Crippen LogP contribution in [0.15, 0.2) is 54.6 Å². The van der Waals surface area contributed by atoms with Crippen LogP contribution in [0, 0.1) is 13.8 Å². The molecule has 1 heterocycles. The smallest absolute Gasteiger partial charge is 0.224 e. The fraction of sp³-hybridized carbons (Fsp3) is 0.238. The number of aryl methyl sites for hydroxylation is 2. The van der Waals surface area contributed by atoms with E-state index in [1.807, 2.05) is 73.1 Å². The lowest BCUT2D eigenvalue weighted by Gasteiger charge is -2.07. The maximum atomic E-state index is 12.3. The summed E-state index contributed by atoms with van der Waals surface area (Å²) >= 11 is 5.89. The number of nitrogens with one attached hydrogen (secondary N) is 1. The van der Waals surface area contributed by atoms with Crippen LogP contribution >= 0.6 is 11.6 Å². The van der Waals surface area contributed by atoms with Crippen molar-refractivity contribution in [3.63, 3.8) is 0 Å². The lowest BCUT2D eigenvalue weighted by Crippen LogP contribution is -2.13. The Morgan fingerprint density at radius 2 is 1.77 bits per heavy atom. The topological polar surface area (TPSA) is 46.9 Å². The fourth-order valence-corrected chi connectivity index (χ4v) is 3.08. The van der Waals surface area contributed by atoms with Gasteiger partial charge in [0.25, 0.3) is 0 Å². The van der Waals surface area contributed by atoms with Gasteiger partial charge in [-0.25, -0.2) is 4.68 Å². The second kappa shape index (κ2) is 8.19. The second-order valence-electron chi connectivity index (χ2n) is 6.32. The van der Waals surface area contributed by atoms with Crippen LogP contribution in [0.3, 0.4) is 0 Å². The standard InChI is InChI=1S/C21H22ClN3O/c1-15-21(16(2)25(24-15)19-8-4-3-5-9-19)23-20(26)10-6-7-17-11-13-18(22)14-12-17/h3-5,8-9,11-14H,6-7,10H2,1-2H3,(H,23,26). The van der Waals surface area contributed by atoms with Gasteiger partial charge in [0.05, 0.1) is 22.8 Å². The first-order chi connectivity index (χ1) is 12.5. The van der Waals surface area contributed by atoms with Gasteiger partial charge in [0.1, 0.15) is 0 Å². The Kier molecular flexibility index (Phi) is 5.74. The summed E-state index contributed by atoms with van der Waals surface area (Å²) in [5.74, 6) is 0.0118. The first-order valence-electron chi connectivity index (χ1n) is 8.70. The highest BCUT2D eigenvalue weighted by molar-refractivity contribution is 6.30. The first-order valence-corrected chi connectivity index (χ1v) is 9.08. The summed E-state index contributed by atoms with van der Waals surface area (Å²) < 4.78 is 1.86. The molecule has 0 aliphatic heterocycles. The van der Waals surface area contributed by atoms with Crippen LogP contribution in [0.25, 0.3) is 5.69 Å². The molecule has 2 aromatic carbocycles. The van der Waals surface area contributed by atoms with Crippen LogP contribution in [0.5, 0.6) is 0 Å². The van der Waals surface area contributed by atoms with Gasteiger partial charge in [-0.1, -0.05) is 41.9 Å². The molecule has 3 rings (SSSR count). The molecule has 0 bridgehead atoms. The molecule has 3 aromatic rings. The first kappa shape index (κ1) is 18.2. The van der Waals surface area contributed by atoms with Crippen molar-refractivity contribution in [2.75, 3.05) is 5.32 Å². The Bertz CT molecular complexity index is 886. The van der Waals surface area contributed by atoms with Gasteiger partial charge in [0.15, 0.2) is 0 Å². The normalized spacial score (nSPS) is 10.7. The molecule has 0 fully saturated rings. The third-order valence-corrected chi connectivity index (χ3v) is 4.59. The van der Waals surface area contributed by atoms with E-state index in [-0.39, 0.29) is 5.91 Å². The summed E-state index contributed by atoms with van der Waals surface area (Å²) in [5.41, 5.74) is 4.71. The maximum Gasteiger partial charge on any atom is 0.224 e. The molecule has 0 radical (unpaired) electrons. The number of hydrogen-bond acceptors (Lipinski definition) is 2. The quantitative estimate of drug-likeness (QED) is 0.658. The molecule has 0 saturated carbocycles. The monoisotopic (exact) mass is 367 g/mol. The summed E-state index contributed by atoms with van der Waals surface area (Å²) in [5, 5.41) is 8.31. The number of nitrogens with zero attached hydrogens (tertiary/aromatic N) is 2. The van der Waals surface area contributed by atoms with E-state index in [1.54, 1.807) is 0 Å². The second-order valence-corrected chi connectivity index (χ2v) is 6.76. The van der Waals surface area contributed by atoms with E-state index < -0.39 is 0 Å². The third kappa shape index (κ3) is 4.33. The molecule has 0 aliphatic carbocycles. The molecular formula is C21H22ClN3O. The summed E-state index contributed by atoms with van der Waals surface area (Å²) in [7, 11) is 0. The van der Waals surface area contributed by atoms with Crippen LogP contribution in [0.4, 0.5) is 5.69 Å². The van der Waals surface area contributed by atoms with Gasteiger partial charge in [-0.3, -0.25) is 4.79 Å². The minimum atomic E-state index is 0.0118. The number of halogens is 1. The predicted molar refractivity (Wildman–Crippen MR) is 106 cm³/mol. The van der Waals surface area contributed by atoms with Gasteiger partial charge in [0, 0.05) is 11.4 Å². The van der Waals surface area contributed by atoms with Crippen molar-refractivity contribution in [1.82, 2.24) is 9.78 Å². The summed E-state index contributed by atoms with van der Waals surface area (Å²) in [6.45, 7) is 3.88. The molecule has 134 valence electrons. The van der Waals surface area contributed by atoms with Crippen molar-refractivity contribution < 1.29 is 4.79 Å². The Morgan fingerprint density at radius 1 is 1.08 bits per heavy atom. The number of para-hydroxylation sites is 1. The van der Waals surface area contributed by atoms with Crippen molar-refractivity contribution in [1.29, 1.82) is 0 Å². The highest BCUT2D eigenvalue weighted by Crippen LogP contribution is 2.23. The highest BCUT2D eigenvalue weighted by Gasteiger charge is 2.15. The lowest BCUT2D eigenvalue weighted by atomic mass is 10.1. The third-order valence-electron chi connectivity index (χ3n) is 4.34. The van der Waals surface area contributed by atoms with E-state index in [2.05, 4.69) is 10.4 Å². The van der Waals surface area contributed by atoms with E-state index >= 15 is 0 Å². The van der Waals surface area contributed by atoms with Crippen LogP contribution in [0.1, 0.15) is 29.8 Å². The zero-order valence-electron chi connectivity index (χ0n) is 15.0. The van der Waals surface area contributed by atoms with Gasteiger partial charge >= 0.3 is 0 Å². The van der Waals surface area contributed by atoms with Crippen molar-refractivity contribution in [2.45, 2.75) is 33.1 Å². The number of hydrogen-bond donors (Lipinski definition) is 1. The highest BCUT2D eigenvalue weighted by atomic mass is 35.5. The Morgan fingerprint density at radius 3 is 2.46 bits per heavy atom. The number of rotatable bonds is 6. The number of amides is 1. The molecule has 4 nitrogen and oxygen atoms in total. The zero-order valence-corrected chi connectivity index (χ0v) is 15.8. The molecule has 1 amide bonds. The molecule has 1 aromatic heterocycles. The van der Waals surface area contributed by atoms with Crippen molar-refractivity contribution >= 4 is 23.2 Å². The minimum absolute atomic E-state index is 0.0118. The molecule has 0 saturated heterocycles. The molecule has 0 unspecified atom stereocenters.